The van der Waals surface area contributed by atoms with E-state index >= 15 is 0 Å². The molecule has 3 rings (SSSR count). The van der Waals surface area contributed by atoms with Crippen LogP contribution in [-0.2, 0) is 22.4 Å². The van der Waals surface area contributed by atoms with Crippen molar-refractivity contribution in [3.05, 3.63) is 53.2 Å². The molecular weight excluding hydrogens is 529 g/mol. The minimum atomic E-state index is -4.99. The number of aliphatic carboxylic acids is 1. The fourth-order valence-corrected chi connectivity index (χ4v) is 4.50. The number of aromatic nitrogens is 1. The molecule has 1 aromatic carbocycles. The van der Waals surface area contributed by atoms with E-state index in [0.717, 1.165) is 62.3 Å². The molecule has 0 fully saturated rings. The minimum absolute atomic E-state index is 0.0630. The largest absolute Gasteiger partial charge is 0.573 e. The van der Waals surface area contributed by atoms with Gasteiger partial charge in [-0.15, -0.1) is 13.2 Å². The van der Waals surface area contributed by atoms with Crippen molar-refractivity contribution >= 4 is 17.7 Å². The first-order chi connectivity index (χ1) is 19.2. The van der Waals surface area contributed by atoms with Crippen molar-refractivity contribution in [1.29, 1.82) is 0 Å². The zero-order valence-corrected chi connectivity index (χ0v) is 22.6. The van der Waals surface area contributed by atoms with Gasteiger partial charge in [0.15, 0.2) is 0 Å². The summed E-state index contributed by atoms with van der Waals surface area (Å²) in [7, 11) is 0. The Morgan fingerprint density at radius 3 is 2.70 bits per heavy atom. The van der Waals surface area contributed by atoms with Gasteiger partial charge in [0.05, 0.1) is 12.2 Å². The van der Waals surface area contributed by atoms with Crippen molar-refractivity contribution in [2.24, 2.45) is 0 Å². The Morgan fingerprint density at radius 1 is 1.15 bits per heavy atom. The highest BCUT2D eigenvalue weighted by Gasteiger charge is 2.33. The summed E-state index contributed by atoms with van der Waals surface area (Å²) < 4.78 is 47.6. The Balaban J connectivity index is 1.54. The summed E-state index contributed by atoms with van der Waals surface area (Å²) >= 11 is 0. The number of amides is 1. The van der Waals surface area contributed by atoms with Crippen molar-refractivity contribution in [3.8, 4) is 5.75 Å². The van der Waals surface area contributed by atoms with Crippen LogP contribution in [0.15, 0.2) is 36.4 Å². The Hall–Kier alpha value is -3.38. The maximum Gasteiger partial charge on any atom is 0.573 e. The highest BCUT2D eigenvalue weighted by atomic mass is 19.4. The number of alkyl halides is 3. The number of hydrogen-bond acceptors (Lipinski definition) is 7. The molecule has 1 aromatic heterocycles. The number of benzene rings is 1. The van der Waals surface area contributed by atoms with Crippen LogP contribution < -0.4 is 15.4 Å². The van der Waals surface area contributed by atoms with Gasteiger partial charge in [0, 0.05) is 31.9 Å². The van der Waals surface area contributed by atoms with Gasteiger partial charge in [-0.3, -0.25) is 4.79 Å². The Bertz CT molecular complexity index is 1120. The molecule has 0 bridgehead atoms. The number of carbonyl (C=O) groups excluding carboxylic acids is 1. The van der Waals surface area contributed by atoms with Gasteiger partial charge < -0.3 is 30.1 Å². The SMILES string of the molecule is CCOCCN(CCCCc1ccc2c(n1)NCCC2)CC[C@H](NC(=O)c1ccccc1OC(F)(F)F)C(=O)O. The number of ether oxygens (including phenoxy) is 2. The third kappa shape index (κ3) is 10.3. The first-order valence-electron chi connectivity index (χ1n) is 13.6. The average Bonchev–Trinajstić information content (AvgIpc) is 2.92. The average molecular weight is 567 g/mol. The van der Waals surface area contributed by atoms with Crippen LogP contribution in [0, 0.1) is 0 Å². The van der Waals surface area contributed by atoms with Crippen LogP contribution in [0.3, 0.4) is 0 Å². The van der Waals surface area contributed by atoms with Gasteiger partial charge in [-0.2, -0.15) is 0 Å². The van der Waals surface area contributed by atoms with E-state index in [2.05, 4.69) is 32.4 Å². The number of anilines is 1. The number of hydrogen-bond donors (Lipinski definition) is 3. The zero-order chi connectivity index (χ0) is 29.0. The number of para-hydroxylation sites is 1. The lowest BCUT2D eigenvalue weighted by Gasteiger charge is -2.24. The van der Waals surface area contributed by atoms with E-state index in [4.69, 9.17) is 9.72 Å². The second-order valence-corrected chi connectivity index (χ2v) is 9.53. The number of nitrogens with one attached hydrogen (secondary N) is 2. The highest BCUT2D eigenvalue weighted by Crippen LogP contribution is 2.26. The number of pyridine rings is 1. The number of nitrogens with zero attached hydrogens (tertiary/aromatic N) is 2. The monoisotopic (exact) mass is 566 g/mol. The third-order valence-corrected chi connectivity index (χ3v) is 6.56. The fourth-order valence-electron chi connectivity index (χ4n) is 4.50. The molecule has 1 aliphatic rings. The van der Waals surface area contributed by atoms with Crippen LogP contribution in [0.2, 0.25) is 0 Å². The van der Waals surface area contributed by atoms with Gasteiger partial charge in [-0.1, -0.05) is 18.2 Å². The summed E-state index contributed by atoms with van der Waals surface area (Å²) in [5.74, 6) is -1.96. The standard InChI is InChI=1S/C28H37F3N4O5/c1-2-39-19-18-35(16-6-5-9-21-13-12-20-8-7-15-32-25(20)33-21)17-14-23(27(37)38)34-26(36)22-10-3-4-11-24(22)40-28(29,30)31/h3-4,10-13,23H,2,5-9,14-19H2,1H3,(H,32,33)(H,34,36)(H,37,38)/t23-/m0/s1. The number of rotatable bonds is 16. The second kappa shape index (κ2) is 15.4. The molecule has 0 saturated heterocycles. The van der Waals surface area contributed by atoms with Crippen LogP contribution in [0.25, 0.3) is 0 Å². The van der Waals surface area contributed by atoms with Crippen molar-refractivity contribution in [2.45, 2.75) is 57.9 Å². The molecule has 1 amide bonds. The Kier molecular flexibility index (Phi) is 12.0. The molecule has 1 aliphatic heterocycles. The molecule has 9 nitrogen and oxygen atoms in total. The molecule has 3 N–H and O–H groups in total. The lowest BCUT2D eigenvalue weighted by molar-refractivity contribution is -0.274. The topological polar surface area (TPSA) is 113 Å². The number of aryl methyl sites for hydroxylation is 2. The van der Waals surface area contributed by atoms with Gasteiger partial charge in [0.1, 0.15) is 17.6 Å². The fraction of sp³-hybridized carbons (Fsp3) is 0.536. The number of unbranched alkanes of at least 4 members (excludes halogenated alkanes) is 1. The van der Waals surface area contributed by atoms with Crippen LogP contribution in [0.1, 0.15) is 54.2 Å². The van der Waals surface area contributed by atoms with E-state index < -0.39 is 35.6 Å². The van der Waals surface area contributed by atoms with E-state index in [9.17, 15) is 27.9 Å². The molecule has 12 heteroatoms. The summed E-state index contributed by atoms with van der Waals surface area (Å²) in [4.78, 5) is 31.4. The van der Waals surface area contributed by atoms with Crippen LogP contribution in [-0.4, -0.2) is 78.7 Å². The molecule has 0 unspecified atom stereocenters. The lowest BCUT2D eigenvalue weighted by atomic mass is 10.1. The zero-order valence-electron chi connectivity index (χ0n) is 22.6. The molecular formula is C28H37F3N4O5. The molecule has 0 spiro atoms. The number of carbonyl (C=O) groups is 2. The molecule has 2 heterocycles. The molecule has 2 aromatic rings. The van der Waals surface area contributed by atoms with Gasteiger partial charge in [0.2, 0.25) is 0 Å². The summed E-state index contributed by atoms with van der Waals surface area (Å²) in [5.41, 5.74) is 1.87. The van der Waals surface area contributed by atoms with Crippen molar-refractivity contribution in [3.63, 3.8) is 0 Å². The first-order valence-corrected chi connectivity index (χ1v) is 13.6. The second-order valence-electron chi connectivity index (χ2n) is 9.53. The molecule has 0 aliphatic carbocycles. The quantitative estimate of drug-likeness (QED) is 0.258. The van der Waals surface area contributed by atoms with Crippen LogP contribution in [0.4, 0.5) is 19.0 Å². The van der Waals surface area contributed by atoms with Crippen molar-refractivity contribution in [1.82, 2.24) is 15.2 Å². The van der Waals surface area contributed by atoms with Crippen molar-refractivity contribution in [2.75, 3.05) is 44.7 Å². The van der Waals surface area contributed by atoms with Gasteiger partial charge in [0.25, 0.3) is 5.91 Å². The normalized spacial score (nSPS) is 13.8. The summed E-state index contributed by atoms with van der Waals surface area (Å²) in [5, 5.41) is 15.4. The molecule has 0 saturated carbocycles. The number of carboxylic acids is 1. The Labute approximate surface area is 232 Å². The van der Waals surface area contributed by atoms with Crippen molar-refractivity contribution < 1.29 is 37.3 Å². The molecule has 0 radical (unpaired) electrons. The smallest absolute Gasteiger partial charge is 0.480 e. The lowest BCUT2D eigenvalue weighted by Crippen LogP contribution is -2.43. The summed E-state index contributed by atoms with van der Waals surface area (Å²) in [6.45, 7) is 5.48. The maximum absolute atomic E-state index is 12.7. The first kappa shape index (κ1) is 31.2. The Morgan fingerprint density at radius 2 is 1.95 bits per heavy atom. The maximum atomic E-state index is 12.7. The van der Waals surface area contributed by atoms with E-state index in [1.54, 1.807) is 0 Å². The predicted molar refractivity (Wildman–Crippen MR) is 144 cm³/mol. The number of carboxylic acid groups (broad SMARTS) is 1. The van der Waals surface area contributed by atoms with Crippen LogP contribution in [0.5, 0.6) is 5.75 Å². The predicted octanol–water partition coefficient (Wildman–Crippen LogP) is 4.27. The van der Waals surface area contributed by atoms with E-state index in [0.29, 0.717) is 32.8 Å². The summed E-state index contributed by atoms with van der Waals surface area (Å²) in [6.07, 6.45) is -0.212. The van der Waals surface area contributed by atoms with Crippen LogP contribution >= 0.6 is 0 Å². The van der Waals surface area contributed by atoms with E-state index in [-0.39, 0.29) is 6.42 Å². The van der Waals surface area contributed by atoms with E-state index in [1.807, 2.05) is 6.92 Å². The van der Waals surface area contributed by atoms with Gasteiger partial charge >= 0.3 is 12.3 Å². The highest BCUT2D eigenvalue weighted by molar-refractivity contribution is 5.98. The van der Waals surface area contributed by atoms with Gasteiger partial charge in [-0.05, 0) is 75.8 Å². The minimum Gasteiger partial charge on any atom is -0.480 e. The molecule has 40 heavy (non-hydrogen) atoms. The number of fused-ring (bicyclic) bond motifs is 1. The molecule has 220 valence electrons. The number of halogens is 3. The third-order valence-electron chi connectivity index (χ3n) is 6.56. The van der Waals surface area contributed by atoms with Gasteiger partial charge in [-0.25, -0.2) is 9.78 Å². The van der Waals surface area contributed by atoms with E-state index in [1.165, 1.54) is 17.7 Å². The molecule has 1 atom stereocenters. The summed E-state index contributed by atoms with van der Waals surface area (Å²) in [6, 6.07) is 7.72.